The fourth-order valence-corrected chi connectivity index (χ4v) is 7.31. The number of aliphatic hydroxyl groups excluding tert-OH is 1. The van der Waals surface area contributed by atoms with Crippen LogP contribution in [0.3, 0.4) is 0 Å². The molecule has 1 saturated heterocycles. The molecule has 10 nitrogen and oxygen atoms in total. The smallest absolute Gasteiger partial charge is 0.301 e. The molecule has 1 aliphatic heterocycles. The summed E-state index contributed by atoms with van der Waals surface area (Å²) in [5, 5.41) is 21.4. The number of thioether (sulfide) groups is 1. The van der Waals surface area contributed by atoms with Crippen LogP contribution in [0.2, 0.25) is 5.02 Å². The molecule has 47 heavy (non-hydrogen) atoms. The first-order valence-electron chi connectivity index (χ1n) is 15.2. The van der Waals surface area contributed by atoms with E-state index in [1.807, 2.05) is 37.3 Å². The molecule has 0 bridgehead atoms. The number of rotatable bonds is 12. The first-order valence-corrected chi connectivity index (χ1v) is 17.3. The van der Waals surface area contributed by atoms with Crippen molar-refractivity contribution >= 4 is 62.9 Å². The summed E-state index contributed by atoms with van der Waals surface area (Å²) in [6.07, 6.45) is 3.60. The quantitative estimate of drug-likeness (QED) is 0.0352. The summed E-state index contributed by atoms with van der Waals surface area (Å²) in [5.41, 5.74) is 2.92. The van der Waals surface area contributed by atoms with Crippen LogP contribution in [0.1, 0.15) is 55.2 Å². The van der Waals surface area contributed by atoms with E-state index in [-0.39, 0.29) is 16.5 Å². The number of halogens is 1. The van der Waals surface area contributed by atoms with E-state index in [1.54, 1.807) is 47.9 Å². The molecular weight excluding hydrogens is 658 g/mol. The Hall–Kier alpha value is -4.39. The van der Waals surface area contributed by atoms with Gasteiger partial charge in [0.1, 0.15) is 11.3 Å². The molecule has 4 heterocycles. The summed E-state index contributed by atoms with van der Waals surface area (Å²) in [6.45, 7) is 6.59. The Kier molecular flexibility index (Phi) is 9.81. The molecule has 6 rings (SSSR count). The van der Waals surface area contributed by atoms with Crippen molar-refractivity contribution in [3.05, 3.63) is 100.0 Å². The lowest BCUT2D eigenvalue weighted by atomic mass is 9.96. The minimum Gasteiger partial charge on any atom is -0.505 e. The molecule has 2 aromatic carbocycles. The second kappa shape index (κ2) is 14.2. The number of unbranched alkanes of at least 4 members (excludes halogenated alkanes) is 1. The lowest BCUT2D eigenvalue weighted by Crippen LogP contribution is -2.29. The van der Waals surface area contributed by atoms with Crippen molar-refractivity contribution in [2.75, 3.05) is 18.1 Å². The number of hydrogen-bond donors (Lipinski definition) is 1. The molecule has 1 unspecified atom stereocenters. The van der Waals surface area contributed by atoms with Gasteiger partial charge < -0.3 is 14.6 Å². The molecule has 242 valence electrons. The minimum absolute atomic E-state index is 0.0866. The highest BCUT2D eigenvalue weighted by Crippen LogP contribution is 2.46. The predicted octanol–water partition coefficient (Wildman–Crippen LogP) is 7.64. The van der Waals surface area contributed by atoms with Crippen molar-refractivity contribution in [1.82, 2.24) is 19.6 Å². The van der Waals surface area contributed by atoms with Crippen molar-refractivity contribution < 1.29 is 24.2 Å². The Morgan fingerprint density at radius 1 is 1.04 bits per heavy atom. The topological polar surface area (TPSA) is 119 Å². The van der Waals surface area contributed by atoms with Crippen molar-refractivity contribution in [2.45, 2.75) is 49.7 Å². The van der Waals surface area contributed by atoms with E-state index in [0.29, 0.717) is 62.4 Å². The maximum Gasteiger partial charge on any atom is 0.301 e. The summed E-state index contributed by atoms with van der Waals surface area (Å²) in [7, 11) is 0. The van der Waals surface area contributed by atoms with E-state index < -0.39 is 17.7 Å². The standard InChI is InChI=1S/C34H32ClN5O5S2/c1-4-6-17-45-24-15-12-22(18-25(24)44-5-2)29-27(30(41)28-20(3)36-26-9-7-8-16-39(26)28)31(42)32(43)40(29)33-37-38-34(47-33)46-19-21-10-13-23(35)14-11-21/h7-16,18,29,41H,4-6,17,19H2,1-3H3/b30-27+. The zero-order chi connectivity index (χ0) is 33.1. The van der Waals surface area contributed by atoms with Gasteiger partial charge in [0.2, 0.25) is 5.13 Å². The number of fused-ring (bicyclic) bond motifs is 1. The summed E-state index contributed by atoms with van der Waals surface area (Å²) < 4.78 is 14.3. The summed E-state index contributed by atoms with van der Waals surface area (Å²) in [4.78, 5) is 33.6. The van der Waals surface area contributed by atoms with Crippen molar-refractivity contribution in [3.8, 4) is 11.5 Å². The van der Waals surface area contributed by atoms with E-state index in [9.17, 15) is 14.7 Å². The molecule has 5 aromatic rings. The fraction of sp³-hybridized carbons (Fsp3) is 0.265. The lowest BCUT2D eigenvalue weighted by molar-refractivity contribution is -0.132. The number of Topliss-reactive ketones (excluding diaryl/α,β-unsaturated/α-hetero) is 1. The van der Waals surface area contributed by atoms with Gasteiger partial charge in [-0.3, -0.25) is 18.9 Å². The first kappa shape index (κ1) is 32.5. The SMILES string of the molecule is CCCCOc1ccc(C2/C(=C(\O)c3c(C)nc4ccccn34)C(=O)C(=O)N2c2nnc(SCc3ccc(Cl)cc3)s2)cc1OCC. The largest absolute Gasteiger partial charge is 0.505 e. The number of pyridine rings is 1. The van der Waals surface area contributed by atoms with E-state index in [4.69, 9.17) is 21.1 Å². The zero-order valence-corrected chi connectivity index (χ0v) is 28.4. The van der Waals surface area contributed by atoms with Gasteiger partial charge in [0, 0.05) is 17.0 Å². The molecule has 1 N–H and O–H groups in total. The van der Waals surface area contributed by atoms with E-state index in [0.717, 1.165) is 18.4 Å². The Morgan fingerprint density at radius 2 is 1.85 bits per heavy atom. The van der Waals surface area contributed by atoms with Crippen molar-refractivity contribution in [1.29, 1.82) is 0 Å². The Balaban J connectivity index is 1.45. The molecule has 13 heteroatoms. The van der Waals surface area contributed by atoms with E-state index in [1.165, 1.54) is 28.0 Å². The van der Waals surface area contributed by atoms with Crippen molar-refractivity contribution in [2.24, 2.45) is 0 Å². The Labute approximate surface area is 285 Å². The number of benzene rings is 2. The zero-order valence-electron chi connectivity index (χ0n) is 26.0. The highest BCUT2D eigenvalue weighted by molar-refractivity contribution is 8.00. The van der Waals surface area contributed by atoms with Crippen LogP contribution in [0.25, 0.3) is 11.4 Å². The number of aryl methyl sites for hydroxylation is 1. The number of hydrogen-bond acceptors (Lipinski definition) is 10. The molecule has 0 spiro atoms. The summed E-state index contributed by atoms with van der Waals surface area (Å²) in [5.74, 6) is -0.377. The number of aliphatic hydroxyl groups is 1. The van der Waals surface area contributed by atoms with Gasteiger partial charge in [0.15, 0.2) is 21.6 Å². The van der Waals surface area contributed by atoms with Gasteiger partial charge >= 0.3 is 5.91 Å². The number of imidazole rings is 1. The highest BCUT2D eigenvalue weighted by Gasteiger charge is 2.49. The molecule has 1 fully saturated rings. The number of carbonyl (C=O) groups is 2. The van der Waals surface area contributed by atoms with Crippen LogP contribution >= 0.6 is 34.7 Å². The third-order valence-corrected chi connectivity index (χ3v) is 9.97. The molecule has 0 radical (unpaired) electrons. The normalized spacial score (nSPS) is 15.9. The van der Waals surface area contributed by atoms with Crippen LogP contribution in [0.4, 0.5) is 5.13 Å². The van der Waals surface area contributed by atoms with Crippen LogP contribution in [-0.2, 0) is 15.3 Å². The van der Waals surface area contributed by atoms with Gasteiger partial charge in [-0.25, -0.2) is 4.98 Å². The average molecular weight is 690 g/mol. The van der Waals surface area contributed by atoms with Gasteiger partial charge in [0.25, 0.3) is 5.78 Å². The summed E-state index contributed by atoms with van der Waals surface area (Å²) in [6, 6.07) is 17.2. The monoisotopic (exact) mass is 689 g/mol. The number of ether oxygens (including phenoxy) is 2. The molecule has 1 amide bonds. The van der Waals surface area contributed by atoms with Crippen molar-refractivity contribution in [3.63, 3.8) is 0 Å². The highest BCUT2D eigenvalue weighted by atomic mass is 35.5. The predicted molar refractivity (Wildman–Crippen MR) is 184 cm³/mol. The average Bonchev–Trinajstić information content (AvgIpc) is 3.74. The molecule has 3 aromatic heterocycles. The van der Waals surface area contributed by atoms with E-state index in [2.05, 4.69) is 22.1 Å². The maximum atomic E-state index is 13.9. The van der Waals surface area contributed by atoms with E-state index >= 15 is 0 Å². The third kappa shape index (κ3) is 6.58. The molecule has 1 aliphatic rings. The lowest BCUT2D eigenvalue weighted by Gasteiger charge is -2.23. The number of nitrogens with zero attached hydrogens (tertiary/aromatic N) is 5. The van der Waals surface area contributed by atoms with Gasteiger partial charge in [-0.2, -0.15) is 0 Å². The van der Waals surface area contributed by atoms with Crippen LogP contribution in [0.5, 0.6) is 11.5 Å². The number of carbonyl (C=O) groups excluding carboxylic acids is 2. The van der Waals surface area contributed by atoms with Crippen LogP contribution in [0, 0.1) is 6.92 Å². The second-order valence-corrected chi connectivity index (χ2v) is 13.4. The van der Waals surface area contributed by atoms with Crippen LogP contribution < -0.4 is 14.4 Å². The molecule has 0 saturated carbocycles. The molecular formula is C34H32ClN5O5S2. The number of amides is 1. The Morgan fingerprint density at radius 3 is 2.62 bits per heavy atom. The third-order valence-electron chi connectivity index (χ3n) is 7.59. The number of ketones is 1. The maximum absolute atomic E-state index is 13.9. The van der Waals surface area contributed by atoms with Gasteiger partial charge in [-0.1, -0.05) is 72.3 Å². The number of aromatic nitrogens is 4. The summed E-state index contributed by atoms with van der Waals surface area (Å²) >= 11 is 8.68. The Bertz CT molecular complexity index is 1970. The first-order chi connectivity index (χ1) is 22.8. The molecule has 1 atom stereocenters. The van der Waals surface area contributed by atoms with Crippen LogP contribution in [-0.4, -0.2) is 49.6 Å². The minimum atomic E-state index is -1.03. The van der Waals surface area contributed by atoms with Crippen LogP contribution in [0.15, 0.2) is 76.8 Å². The number of anilines is 1. The second-order valence-electron chi connectivity index (χ2n) is 10.8. The van der Waals surface area contributed by atoms with Gasteiger partial charge in [0.05, 0.1) is 30.5 Å². The van der Waals surface area contributed by atoms with Gasteiger partial charge in [-0.15, -0.1) is 10.2 Å². The molecule has 0 aliphatic carbocycles. The fourth-order valence-electron chi connectivity index (χ4n) is 5.36. The van der Waals surface area contributed by atoms with Gasteiger partial charge in [-0.05, 0) is 67.8 Å².